The Labute approximate surface area is 56.9 Å². The van der Waals surface area contributed by atoms with Gasteiger partial charge in [-0.25, -0.2) is 4.39 Å². The minimum absolute atomic E-state index is 0.235. The molecule has 1 aliphatic rings. The van der Waals surface area contributed by atoms with Gasteiger partial charge in [-0.05, 0) is 0 Å². The van der Waals surface area contributed by atoms with E-state index in [-0.39, 0.29) is 6.61 Å². The molecule has 5 heteroatoms. The maximum atomic E-state index is 11.9. The van der Waals surface area contributed by atoms with Crippen LogP contribution in [0.2, 0.25) is 0 Å². The molecule has 3 N–H and O–H groups in total. The maximum absolute atomic E-state index is 11.9. The summed E-state index contributed by atoms with van der Waals surface area (Å²) < 4.78 is 16.3. The van der Waals surface area contributed by atoms with Crippen LogP contribution in [0.4, 0.5) is 4.39 Å². The first-order chi connectivity index (χ1) is 4.60. The lowest BCUT2D eigenvalue weighted by molar-refractivity contribution is -0.223. The van der Waals surface area contributed by atoms with Gasteiger partial charge in [0.1, 0.15) is 18.9 Å². The molecule has 10 heavy (non-hydrogen) atoms. The molecule has 1 heterocycles. The van der Waals surface area contributed by atoms with Gasteiger partial charge >= 0.3 is 0 Å². The van der Waals surface area contributed by atoms with E-state index in [1.807, 2.05) is 0 Å². The summed E-state index contributed by atoms with van der Waals surface area (Å²) in [6.07, 6.45) is -2.74. The highest BCUT2D eigenvalue weighted by atomic mass is 19.1. The summed E-state index contributed by atoms with van der Waals surface area (Å²) >= 11 is 0. The van der Waals surface area contributed by atoms with Crippen molar-refractivity contribution in [2.45, 2.75) is 18.0 Å². The van der Waals surface area contributed by atoms with Gasteiger partial charge in [0.05, 0.1) is 6.61 Å². The first kappa shape index (κ1) is 7.87. The zero-order valence-electron chi connectivity index (χ0n) is 5.20. The highest BCUT2D eigenvalue weighted by Gasteiger charge is 2.47. The molecule has 0 amide bonds. The third-order valence-corrected chi connectivity index (χ3v) is 1.52. The van der Waals surface area contributed by atoms with Crippen molar-refractivity contribution in [1.82, 2.24) is 0 Å². The molecule has 0 aliphatic carbocycles. The number of rotatable bonds is 1. The number of aliphatic hydroxyl groups is 3. The Bertz CT molecular complexity index is 131. The second kappa shape index (κ2) is 2.43. The van der Waals surface area contributed by atoms with Crippen molar-refractivity contribution >= 4 is 0 Å². The van der Waals surface area contributed by atoms with Gasteiger partial charge in [0.25, 0.3) is 0 Å². The Hall–Kier alpha value is -0.230. The van der Waals surface area contributed by atoms with Gasteiger partial charge in [-0.2, -0.15) is 0 Å². The van der Waals surface area contributed by atoms with Gasteiger partial charge in [-0.3, -0.25) is 0 Å². The SMILES string of the molecule is O[C@@H]1[C@@H](O)COC1(O)CF. The quantitative estimate of drug-likeness (QED) is 0.423. The van der Waals surface area contributed by atoms with Gasteiger partial charge in [0.2, 0.25) is 5.79 Å². The van der Waals surface area contributed by atoms with E-state index in [1.54, 1.807) is 0 Å². The third kappa shape index (κ3) is 1.01. The Morgan fingerprint density at radius 1 is 1.60 bits per heavy atom. The average molecular weight is 152 g/mol. The fraction of sp³-hybridized carbons (Fsp3) is 1.00. The van der Waals surface area contributed by atoms with E-state index in [1.165, 1.54) is 0 Å². The summed E-state index contributed by atoms with van der Waals surface area (Å²) in [6.45, 7) is -1.45. The normalized spacial score (nSPS) is 48.0. The van der Waals surface area contributed by atoms with Crippen LogP contribution in [-0.2, 0) is 4.74 Å². The van der Waals surface area contributed by atoms with Crippen molar-refractivity contribution in [1.29, 1.82) is 0 Å². The smallest absolute Gasteiger partial charge is 0.224 e. The van der Waals surface area contributed by atoms with Crippen molar-refractivity contribution in [3.63, 3.8) is 0 Å². The molecule has 0 aromatic carbocycles. The molecule has 0 spiro atoms. The minimum Gasteiger partial charge on any atom is -0.388 e. The van der Waals surface area contributed by atoms with Crippen LogP contribution in [0, 0.1) is 0 Å². The van der Waals surface area contributed by atoms with Crippen LogP contribution < -0.4 is 0 Å². The number of hydrogen-bond donors (Lipinski definition) is 3. The molecule has 0 bridgehead atoms. The second-order valence-corrected chi connectivity index (χ2v) is 2.30. The first-order valence-electron chi connectivity index (χ1n) is 2.88. The van der Waals surface area contributed by atoms with Crippen molar-refractivity contribution in [3.05, 3.63) is 0 Å². The summed E-state index contributed by atoms with van der Waals surface area (Å²) in [5.41, 5.74) is 0. The van der Waals surface area contributed by atoms with Gasteiger partial charge < -0.3 is 20.1 Å². The fourth-order valence-electron chi connectivity index (χ4n) is 0.824. The molecule has 1 fully saturated rings. The predicted octanol–water partition coefficient (Wildman–Crippen LogP) is -1.60. The van der Waals surface area contributed by atoms with Crippen LogP contribution in [-0.4, -0.2) is 46.6 Å². The number of aliphatic hydroxyl groups excluding tert-OH is 2. The number of halogens is 1. The van der Waals surface area contributed by atoms with E-state index in [4.69, 9.17) is 15.3 Å². The zero-order valence-corrected chi connectivity index (χ0v) is 5.20. The van der Waals surface area contributed by atoms with Crippen molar-refractivity contribution in [2.75, 3.05) is 13.3 Å². The van der Waals surface area contributed by atoms with Crippen LogP contribution in [0.1, 0.15) is 0 Å². The Morgan fingerprint density at radius 2 is 2.20 bits per heavy atom. The zero-order chi connectivity index (χ0) is 7.78. The highest BCUT2D eigenvalue weighted by Crippen LogP contribution is 2.23. The van der Waals surface area contributed by atoms with Gasteiger partial charge in [0, 0.05) is 0 Å². The molecular formula is C5H9FO4. The molecular weight excluding hydrogens is 143 g/mol. The van der Waals surface area contributed by atoms with Gasteiger partial charge in [0.15, 0.2) is 0 Å². The molecule has 0 aromatic rings. The third-order valence-electron chi connectivity index (χ3n) is 1.52. The van der Waals surface area contributed by atoms with E-state index in [0.717, 1.165) is 0 Å². The molecule has 0 saturated carbocycles. The molecule has 1 unspecified atom stereocenters. The average Bonchev–Trinajstić information content (AvgIpc) is 2.19. The Kier molecular flexibility index (Phi) is 1.91. The van der Waals surface area contributed by atoms with Gasteiger partial charge in [-0.15, -0.1) is 0 Å². The Morgan fingerprint density at radius 3 is 2.40 bits per heavy atom. The lowest BCUT2D eigenvalue weighted by Gasteiger charge is -2.21. The van der Waals surface area contributed by atoms with Crippen molar-refractivity contribution < 1.29 is 24.4 Å². The molecule has 4 nitrogen and oxygen atoms in total. The Balaban J connectivity index is 2.64. The van der Waals surface area contributed by atoms with Crippen molar-refractivity contribution in [3.8, 4) is 0 Å². The number of ether oxygens (including phenoxy) is 1. The fourth-order valence-corrected chi connectivity index (χ4v) is 0.824. The lowest BCUT2D eigenvalue weighted by Crippen LogP contribution is -2.44. The van der Waals surface area contributed by atoms with E-state index in [2.05, 4.69) is 4.74 Å². The largest absolute Gasteiger partial charge is 0.388 e. The van der Waals surface area contributed by atoms with Gasteiger partial charge in [-0.1, -0.05) is 0 Å². The topological polar surface area (TPSA) is 69.9 Å². The van der Waals surface area contributed by atoms with E-state index < -0.39 is 24.7 Å². The summed E-state index contributed by atoms with van der Waals surface area (Å²) in [7, 11) is 0. The summed E-state index contributed by atoms with van der Waals surface area (Å²) in [5, 5.41) is 26.5. The van der Waals surface area contributed by atoms with Crippen molar-refractivity contribution in [2.24, 2.45) is 0 Å². The van der Waals surface area contributed by atoms with Crippen LogP contribution >= 0.6 is 0 Å². The predicted molar refractivity (Wildman–Crippen MR) is 28.9 cm³/mol. The molecule has 1 saturated heterocycles. The lowest BCUT2D eigenvalue weighted by atomic mass is 10.1. The highest BCUT2D eigenvalue weighted by molar-refractivity contribution is 4.88. The number of alkyl halides is 1. The molecule has 1 aliphatic heterocycles. The monoisotopic (exact) mass is 152 g/mol. The van der Waals surface area contributed by atoms with Crippen LogP contribution in [0.15, 0.2) is 0 Å². The molecule has 0 aromatic heterocycles. The summed E-state index contributed by atoms with van der Waals surface area (Å²) in [4.78, 5) is 0. The van der Waals surface area contributed by atoms with E-state index in [9.17, 15) is 4.39 Å². The summed E-state index contributed by atoms with van der Waals surface area (Å²) in [5.74, 6) is -2.20. The van der Waals surface area contributed by atoms with E-state index in [0.29, 0.717) is 0 Å². The summed E-state index contributed by atoms with van der Waals surface area (Å²) in [6, 6.07) is 0. The first-order valence-corrected chi connectivity index (χ1v) is 2.88. The second-order valence-electron chi connectivity index (χ2n) is 2.30. The molecule has 3 atom stereocenters. The van der Waals surface area contributed by atoms with Crippen LogP contribution in [0.5, 0.6) is 0 Å². The standard InChI is InChI=1S/C5H9FO4/c6-2-5(9)4(8)3(7)1-10-5/h3-4,7-9H,1-2H2/t3-,4+,5?/m0/s1. The molecule has 60 valence electrons. The molecule has 0 radical (unpaired) electrons. The van der Waals surface area contributed by atoms with Crippen LogP contribution in [0.3, 0.4) is 0 Å². The van der Waals surface area contributed by atoms with E-state index >= 15 is 0 Å². The van der Waals surface area contributed by atoms with Crippen LogP contribution in [0.25, 0.3) is 0 Å². The maximum Gasteiger partial charge on any atom is 0.224 e. The minimum atomic E-state index is -2.20. The molecule has 1 rings (SSSR count). The number of hydrogen-bond acceptors (Lipinski definition) is 4.